The van der Waals surface area contributed by atoms with Crippen molar-refractivity contribution in [3.63, 3.8) is 0 Å². The van der Waals surface area contributed by atoms with Crippen LogP contribution in [0.4, 0.5) is 4.79 Å². The van der Waals surface area contributed by atoms with Crippen LogP contribution in [0.25, 0.3) is 11.3 Å². The van der Waals surface area contributed by atoms with Crippen molar-refractivity contribution in [1.82, 2.24) is 10.2 Å². The van der Waals surface area contributed by atoms with E-state index in [1.54, 1.807) is 0 Å². The summed E-state index contributed by atoms with van der Waals surface area (Å²) in [5.41, 5.74) is 1.23. The van der Waals surface area contributed by atoms with Crippen LogP contribution in [0.3, 0.4) is 0 Å². The monoisotopic (exact) mass is 598 g/mol. The summed E-state index contributed by atoms with van der Waals surface area (Å²) in [6, 6.07) is 13.9. The number of nitrogens with zero attached hydrogens (tertiary/aromatic N) is 2. The van der Waals surface area contributed by atoms with Crippen molar-refractivity contribution < 1.29 is 24.2 Å². The van der Waals surface area contributed by atoms with E-state index in [1.807, 2.05) is 30.3 Å². The van der Waals surface area contributed by atoms with Gasteiger partial charge in [0.05, 0.1) is 17.2 Å². The summed E-state index contributed by atoms with van der Waals surface area (Å²) in [6.07, 6.45) is 7.20. The molecule has 1 aromatic heterocycles. The van der Waals surface area contributed by atoms with Crippen molar-refractivity contribution in [2.75, 3.05) is 12.9 Å². The molecule has 38 heavy (non-hydrogen) atoms. The van der Waals surface area contributed by atoms with Gasteiger partial charge >= 0.3 is 11.3 Å². The van der Waals surface area contributed by atoms with Gasteiger partial charge in [-0.15, -0.1) is 10.2 Å². The molecule has 3 aromatic rings. The van der Waals surface area contributed by atoms with Crippen LogP contribution in [-0.4, -0.2) is 39.4 Å². The maximum absolute atomic E-state index is 12.1. The van der Waals surface area contributed by atoms with Crippen LogP contribution in [-0.2, 0) is 0 Å². The molecule has 0 aliphatic rings. The largest absolute Gasteiger partial charge is 0.494 e. The lowest BCUT2D eigenvalue weighted by molar-refractivity contribution is 0.0693. The second kappa shape index (κ2) is 17.1. The van der Waals surface area contributed by atoms with Crippen LogP contribution in [0.15, 0.2) is 48.5 Å². The molecule has 1 heterocycles. The van der Waals surface area contributed by atoms with Gasteiger partial charge in [-0.3, -0.25) is 0 Å². The molecule has 7 nitrogen and oxygen atoms in total. The van der Waals surface area contributed by atoms with E-state index in [9.17, 15) is 9.59 Å². The second-order valence-corrected chi connectivity index (χ2v) is 10.2. The van der Waals surface area contributed by atoms with Crippen LogP contribution in [0.2, 0.25) is 15.2 Å². The van der Waals surface area contributed by atoms with Crippen molar-refractivity contribution in [3.8, 4) is 22.8 Å². The number of benzene rings is 2. The topological polar surface area (TPSA) is 98.6 Å². The molecule has 0 radical (unpaired) electrons. The van der Waals surface area contributed by atoms with E-state index in [-0.39, 0.29) is 31.8 Å². The van der Waals surface area contributed by atoms with Crippen LogP contribution >= 0.6 is 46.6 Å². The molecule has 0 saturated heterocycles. The minimum absolute atomic E-state index is 0.0849. The Hall–Kier alpha value is -2.52. The molecule has 0 fully saturated rings. The minimum Gasteiger partial charge on any atom is -0.494 e. The maximum atomic E-state index is 12.1. The van der Waals surface area contributed by atoms with Gasteiger partial charge in [0.2, 0.25) is 0 Å². The third-order valence-corrected chi connectivity index (χ3v) is 6.77. The number of thioether (sulfide) groups is 1. The van der Waals surface area contributed by atoms with E-state index >= 15 is 0 Å². The van der Waals surface area contributed by atoms with E-state index in [2.05, 4.69) is 17.1 Å². The number of carboxylic acids is 1. The molecule has 2 aromatic carbocycles. The van der Waals surface area contributed by atoms with Gasteiger partial charge in [0.25, 0.3) is 0 Å². The first-order valence-corrected chi connectivity index (χ1v) is 14.1. The molecule has 0 atom stereocenters. The highest BCUT2D eigenvalue weighted by Crippen LogP contribution is 2.33. The van der Waals surface area contributed by atoms with E-state index in [1.165, 1.54) is 62.8 Å². The Kier molecular flexibility index (Phi) is 14.3. The predicted octanol–water partition coefficient (Wildman–Crippen LogP) is 9.09. The average Bonchev–Trinajstić information content (AvgIpc) is 2.90. The number of aromatic carboxylic acids is 1. The van der Waals surface area contributed by atoms with Gasteiger partial charge in [-0.2, -0.15) is 0 Å². The second-order valence-electron chi connectivity index (χ2n) is 7.96. The molecular formula is C27H29Cl3N2O5S. The lowest BCUT2D eigenvalue weighted by Crippen LogP contribution is -2.04. The Labute approximate surface area is 241 Å². The number of methoxy groups -OCH3 is 1. The predicted molar refractivity (Wildman–Crippen MR) is 154 cm³/mol. The number of hydrogen-bond donors (Lipinski definition) is 1. The molecule has 0 aliphatic heterocycles. The number of unbranched alkanes of at least 4 members (excludes halogenated alkanes) is 5. The van der Waals surface area contributed by atoms with E-state index < -0.39 is 5.97 Å². The Balaban J connectivity index is 0.000000328. The fourth-order valence-corrected chi connectivity index (χ4v) is 4.58. The fraction of sp³-hybridized carbons (Fsp3) is 0.333. The van der Waals surface area contributed by atoms with Crippen molar-refractivity contribution in [3.05, 3.63) is 69.3 Å². The molecule has 1 N–H and O–H groups in total. The Morgan fingerprint density at radius 2 is 1.58 bits per heavy atom. The van der Waals surface area contributed by atoms with E-state index in [0.29, 0.717) is 11.4 Å². The number of carbonyl (C=O) groups is 2. The van der Waals surface area contributed by atoms with Gasteiger partial charge in [-0.25, -0.2) is 9.59 Å². The normalized spacial score (nSPS) is 10.3. The summed E-state index contributed by atoms with van der Waals surface area (Å²) >= 11 is 18.4. The summed E-state index contributed by atoms with van der Waals surface area (Å²) in [7, 11) is 1.34. The van der Waals surface area contributed by atoms with Gasteiger partial charge in [0, 0.05) is 17.4 Å². The van der Waals surface area contributed by atoms with Crippen LogP contribution in [0.1, 0.15) is 55.8 Å². The first-order chi connectivity index (χ1) is 18.3. The van der Waals surface area contributed by atoms with Gasteiger partial charge in [-0.05, 0) is 30.3 Å². The van der Waals surface area contributed by atoms with Crippen LogP contribution in [0.5, 0.6) is 11.5 Å². The summed E-state index contributed by atoms with van der Waals surface area (Å²) in [4.78, 5) is 22.8. The van der Waals surface area contributed by atoms with Gasteiger partial charge in [0.15, 0.2) is 16.7 Å². The van der Waals surface area contributed by atoms with Crippen LogP contribution in [0, 0.1) is 0 Å². The highest BCUT2D eigenvalue weighted by atomic mass is 35.5. The lowest BCUT2D eigenvalue weighted by Gasteiger charge is -2.09. The molecule has 0 amide bonds. The zero-order valence-corrected chi connectivity index (χ0v) is 24.2. The van der Waals surface area contributed by atoms with Crippen molar-refractivity contribution in [2.45, 2.75) is 45.4 Å². The Bertz CT molecular complexity index is 1200. The van der Waals surface area contributed by atoms with Gasteiger partial charge in [-0.1, -0.05) is 104 Å². The van der Waals surface area contributed by atoms with Crippen LogP contribution < -0.4 is 9.47 Å². The van der Waals surface area contributed by atoms with Crippen molar-refractivity contribution >= 4 is 57.8 Å². The average molecular weight is 600 g/mol. The molecule has 204 valence electrons. The first kappa shape index (κ1) is 31.7. The molecule has 3 rings (SSSR count). The van der Waals surface area contributed by atoms with Gasteiger partial charge < -0.3 is 14.6 Å². The standard InChI is InChI=1S/C19H23ClN2O2S.C8H6Cl2O3/c1-2-3-4-5-6-10-13-25-19(23)24-16-14-17(20)21-22-18(16)15-11-8-7-9-12-15;1-13-7-5(10)3-2-4(9)6(7)8(11)12/h7-9,11-12,14H,2-6,10,13H2,1H3;2-3H,1H3,(H,11,12). The number of carbonyl (C=O) groups excluding carboxylic acids is 1. The van der Waals surface area contributed by atoms with E-state index in [4.69, 9.17) is 49.4 Å². The SMILES string of the molecule is CCCCCCCCSC(=O)Oc1cc(Cl)nnc1-c1ccccc1.COc1c(Cl)ccc(Cl)c1C(=O)O. The number of ether oxygens (including phenoxy) is 2. The third-order valence-electron chi connectivity index (χ3n) is 5.16. The minimum atomic E-state index is -1.16. The molecule has 11 heteroatoms. The number of hydrogen-bond acceptors (Lipinski definition) is 7. The maximum Gasteiger partial charge on any atom is 0.372 e. The third kappa shape index (κ3) is 10.3. The zero-order valence-electron chi connectivity index (χ0n) is 21.1. The van der Waals surface area contributed by atoms with Crippen molar-refractivity contribution in [1.29, 1.82) is 0 Å². The van der Waals surface area contributed by atoms with Gasteiger partial charge in [0.1, 0.15) is 11.3 Å². The molecule has 0 bridgehead atoms. The summed E-state index contributed by atoms with van der Waals surface area (Å²) in [5.74, 6) is 0.0235. The smallest absolute Gasteiger partial charge is 0.372 e. The first-order valence-electron chi connectivity index (χ1n) is 12.0. The van der Waals surface area contributed by atoms with E-state index in [0.717, 1.165) is 24.2 Å². The zero-order chi connectivity index (χ0) is 27.9. The number of halogens is 3. The quantitative estimate of drug-likeness (QED) is 0.172. The summed E-state index contributed by atoms with van der Waals surface area (Å²) in [6.45, 7) is 2.20. The summed E-state index contributed by atoms with van der Waals surface area (Å²) in [5, 5.41) is 16.9. The Morgan fingerprint density at radius 1 is 0.921 bits per heavy atom. The summed E-state index contributed by atoms with van der Waals surface area (Å²) < 4.78 is 10.3. The fourth-order valence-electron chi connectivity index (χ4n) is 3.32. The molecule has 0 unspecified atom stereocenters. The number of carboxylic acid groups (broad SMARTS) is 1. The molecule has 0 saturated carbocycles. The highest BCUT2D eigenvalue weighted by Gasteiger charge is 2.18. The number of aromatic nitrogens is 2. The molecule has 0 aliphatic carbocycles. The van der Waals surface area contributed by atoms with Crippen molar-refractivity contribution in [2.24, 2.45) is 0 Å². The highest BCUT2D eigenvalue weighted by molar-refractivity contribution is 8.13. The number of rotatable bonds is 11. The molecular weight excluding hydrogens is 571 g/mol. The Morgan fingerprint density at radius 3 is 2.21 bits per heavy atom. The molecule has 0 spiro atoms. The lowest BCUT2D eigenvalue weighted by atomic mass is 10.1.